The topological polar surface area (TPSA) is 64.0 Å². The van der Waals surface area contributed by atoms with Crippen molar-refractivity contribution in [1.82, 2.24) is 9.55 Å². The molecule has 0 bridgehead atoms. The van der Waals surface area contributed by atoms with E-state index in [1.165, 1.54) is 18.7 Å². The summed E-state index contributed by atoms with van der Waals surface area (Å²) in [5.41, 5.74) is 3.27. The van der Waals surface area contributed by atoms with E-state index in [0.717, 1.165) is 16.4 Å². The molecule has 0 spiro atoms. The fraction of sp³-hybridized carbons (Fsp3) is 0.190. The number of rotatable bonds is 6. The molecular weight excluding hydrogens is 358 g/mol. The number of nitrogens with zero attached hydrogens (tertiary/aromatic N) is 2. The van der Waals surface area contributed by atoms with E-state index in [1.807, 2.05) is 55.1 Å². The van der Waals surface area contributed by atoms with Crippen molar-refractivity contribution in [1.29, 1.82) is 0 Å². The maximum atomic E-state index is 12.5. The number of hydrogen-bond acceptors (Lipinski definition) is 4. The summed E-state index contributed by atoms with van der Waals surface area (Å²) in [6.07, 6.45) is 1.82. The number of ketones is 1. The molecule has 3 rings (SSSR count). The zero-order valence-corrected chi connectivity index (χ0v) is 16.3. The average Bonchev–Trinajstić information content (AvgIpc) is 3.03. The van der Waals surface area contributed by atoms with Gasteiger partial charge in [-0.15, -0.1) is 0 Å². The zero-order valence-electron chi connectivity index (χ0n) is 15.5. The van der Waals surface area contributed by atoms with Crippen molar-refractivity contribution in [3.05, 3.63) is 66.4 Å². The Morgan fingerprint density at radius 3 is 2.56 bits per heavy atom. The standard InChI is InChI=1S/C21H21N3O2S/c1-14(25)17-10-7-11-18(12-17)23-20(26)15(2)27-21-22-13-19(24(21)3)16-8-5-4-6-9-16/h4-13,15H,1-3H3,(H,23,26)/t15-/m0/s1. The molecule has 138 valence electrons. The van der Waals surface area contributed by atoms with Crippen molar-refractivity contribution in [3.8, 4) is 11.3 Å². The Labute approximate surface area is 162 Å². The summed E-state index contributed by atoms with van der Waals surface area (Å²) in [5, 5.41) is 3.30. The first kappa shape index (κ1) is 18.9. The highest BCUT2D eigenvalue weighted by Crippen LogP contribution is 2.28. The number of imidazole rings is 1. The van der Waals surface area contributed by atoms with Crippen molar-refractivity contribution in [2.75, 3.05) is 5.32 Å². The number of benzene rings is 2. The van der Waals surface area contributed by atoms with E-state index in [4.69, 9.17) is 0 Å². The van der Waals surface area contributed by atoms with Gasteiger partial charge in [-0.05, 0) is 31.5 Å². The van der Waals surface area contributed by atoms with E-state index in [-0.39, 0.29) is 16.9 Å². The van der Waals surface area contributed by atoms with Crippen LogP contribution in [0.25, 0.3) is 11.3 Å². The summed E-state index contributed by atoms with van der Waals surface area (Å²) in [5.74, 6) is -0.167. The van der Waals surface area contributed by atoms with Gasteiger partial charge in [0.25, 0.3) is 0 Å². The fourth-order valence-corrected chi connectivity index (χ4v) is 3.50. The summed E-state index contributed by atoms with van der Waals surface area (Å²) in [4.78, 5) is 28.5. The minimum absolute atomic E-state index is 0.0324. The van der Waals surface area contributed by atoms with Gasteiger partial charge < -0.3 is 9.88 Å². The van der Waals surface area contributed by atoms with Crippen molar-refractivity contribution in [2.45, 2.75) is 24.3 Å². The number of thioether (sulfide) groups is 1. The van der Waals surface area contributed by atoms with Crippen LogP contribution in [0.15, 0.2) is 66.0 Å². The van der Waals surface area contributed by atoms with Gasteiger partial charge in [-0.2, -0.15) is 0 Å². The second kappa shape index (κ2) is 8.22. The molecule has 27 heavy (non-hydrogen) atoms. The molecule has 1 aromatic heterocycles. The van der Waals surface area contributed by atoms with Crippen LogP contribution in [0.3, 0.4) is 0 Å². The molecule has 0 aliphatic heterocycles. The lowest BCUT2D eigenvalue weighted by Gasteiger charge is -2.13. The van der Waals surface area contributed by atoms with Crippen molar-refractivity contribution < 1.29 is 9.59 Å². The Balaban J connectivity index is 1.69. The molecule has 0 aliphatic carbocycles. The van der Waals surface area contributed by atoms with Crippen LogP contribution in [0.2, 0.25) is 0 Å². The smallest absolute Gasteiger partial charge is 0.237 e. The molecule has 1 N–H and O–H groups in total. The molecule has 0 saturated carbocycles. The number of Topliss-reactive ketones (excluding diaryl/α,β-unsaturated/α-hetero) is 1. The second-order valence-corrected chi connectivity index (χ2v) is 7.55. The molecule has 3 aromatic rings. The molecule has 1 heterocycles. The van der Waals surface area contributed by atoms with Crippen LogP contribution >= 0.6 is 11.8 Å². The van der Waals surface area contributed by atoms with Crippen LogP contribution in [0.1, 0.15) is 24.2 Å². The molecule has 1 amide bonds. The minimum Gasteiger partial charge on any atom is -0.325 e. The Morgan fingerprint density at radius 2 is 1.85 bits per heavy atom. The lowest BCUT2D eigenvalue weighted by Crippen LogP contribution is -2.23. The number of anilines is 1. The molecule has 6 heteroatoms. The monoisotopic (exact) mass is 379 g/mol. The van der Waals surface area contributed by atoms with Gasteiger partial charge in [0.1, 0.15) is 0 Å². The third-order valence-corrected chi connectivity index (χ3v) is 5.36. The van der Waals surface area contributed by atoms with Crippen molar-refractivity contribution in [3.63, 3.8) is 0 Å². The molecular formula is C21H21N3O2S. The van der Waals surface area contributed by atoms with E-state index >= 15 is 0 Å². The summed E-state index contributed by atoms with van der Waals surface area (Å²) >= 11 is 1.40. The van der Waals surface area contributed by atoms with Crippen molar-refractivity contribution >= 4 is 29.1 Å². The van der Waals surface area contributed by atoms with Gasteiger partial charge in [0.05, 0.1) is 17.1 Å². The first-order valence-corrected chi connectivity index (χ1v) is 9.49. The number of hydrogen-bond donors (Lipinski definition) is 1. The SMILES string of the molecule is CC(=O)c1cccc(NC(=O)[C@H](C)Sc2ncc(-c3ccccc3)n2C)c1. The van der Waals surface area contributed by atoms with Gasteiger partial charge in [-0.1, -0.05) is 54.2 Å². The first-order valence-electron chi connectivity index (χ1n) is 8.61. The number of carbonyl (C=O) groups excluding carboxylic acids is 2. The molecule has 0 saturated heterocycles. The van der Waals surface area contributed by atoms with Crippen LogP contribution in [0.5, 0.6) is 0 Å². The summed E-state index contributed by atoms with van der Waals surface area (Å²) < 4.78 is 1.99. The van der Waals surface area contributed by atoms with Gasteiger partial charge in [-0.25, -0.2) is 4.98 Å². The quantitative estimate of drug-likeness (QED) is 0.509. The van der Waals surface area contributed by atoms with Crippen LogP contribution in [-0.2, 0) is 11.8 Å². The molecule has 1 atom stereocenters. The Kier molecular flexibility index (Phi) is 5.76. The largest absolute Gasteiger partial charge is 0.325 e. The predicted molar refractivity (Wildman–Crippen MR) is 109 cm³/mol. The minimum atomic E-state index is -0.337. The molecule has 2 aromatic carbocycles. The molecule has 0 fully saturated rings. The Bertz CT molecular complexity index is 967. The van der Waals surface area contributed by atoms with Crippen LogP contribution in [0.4, 0.5) is 5.69 Å². The molecule has 0 aliphatic rings. The maximum Gasteiger partial charge on any atom is 0.237 e. The number of aromatic nitrogens is 2. The first-order chi connectivity index (χ1) is 13.0. The summed E-state index contributed by atoms with van der Waals surface area (Å²) in [6.45, 7) is 3.34. The van der Waals surface area contributed by atoms with Gasteiger partial charge >= 0.3 is 0 Å². The highest BCUT2D eigenvalue weighted by atomic mass is 32.2. The lowest BCUT2D eigenvalue weighted by atomic mass is 10.1. The number of nitrogens with one attached hydrogen (secondary N) is 1. The third kappa shape index (κ3) is 4.46. The fourth-order valence-electron chi connectivity index (χ4n) is 2.65. The Hall–Kier alpha value is -2.86. The van der Waals surface area contributed by atoms with Gasteiger partial charge in [0.2, 0.25) is 5.91 Å². The number of amides is 1. The average molecular weight is 379 g/mol. The van der Waals surface area contributed by atoms with Crippen molar-refractivity contribution in [2.24, 2.45) is 7.05 Å². The van der Waals surface area contributed by atoms with E-state index in [9.17, 15) is 9.59 Å². The van der Waals surface area contributed by atoms with E-state index in [1.54, 1.807) is 24.3 Å². The number of carbonyl (C=O) groups is 2. The highest BCUT2D eigenvalue weighted by Gasteiger charge is 2.18. The normalized spacial score (nSPS) is 11.8. The third-order valence-electron chi connectivity index (χ3n) is 4.20. The lowest BCUT2D eigenvalue weighted by molar-refractivity contribution is -0.115. The zero-order chi connectivity index (χ0) is 19.4. The van der Waals surface area contributed by atoms with Crippen LogP contribution < -0.4 is 5.32 Å². The van der Waals surface area contributed by atoms with Gasteiger partial charge in [0, 0.05) is 18.3 Å². The summed E-state index contributed by atoms with van der Waals surface area (Å²) in [7, 11) is 1.94. The maximum absolute atomic E-state index is 12.5. The van der Waals surface area contributed by atoms with Crippen LogP contribution in [-0.4, -0.2) is 26.5 Å². The van der Waals surface area contributed by atoms with Gasteiger partial charge in [0.15, 0.2) is 10.9 Å². The van der Waals surface area contributed by atoms with Crippen LogP contribution in [0, 0.1) is 0 Å². The second-order valence-electron chi connectivity index (χ2n) is 6.24. The van der Waals surface area contributed by atoms with E-state index in [0.29, 0.717) is 11.3 Å². The molecule has 5 nitrogen and oxygen atoms in total. The molecule has 0 unspecified atom stereocenters. The Morgan fingerprint density at radius 1 is 1.11 bits per heavy atom. The predicted octanol–water partition coefficient (Wildman–Crippen LogP) is 4.41. The summed E-state index contributed by atoms with van der Waals surface area (Å²) in [6, 6.07) is 17.0. The van der Waals surface area contributed by atoms with Gasteiger partial charge in [-0.3, -0.25) is 9.59 Å². The van der Waals surface area contributed by atoms with E-state index in [2.05, 4.69) is 10.3 Å². The van der Waals surface area contributed by atoms with E-state index < -0.39 is 0 Å². The highest BCUT2D eigenvalue weighted by molar-refractivity contribution is 8.00. The molecule has 0 radical (unpaired) electrons.